The third kappa shape index (κ3) is 2.36. The van der Waals surface area contributed by atoms with Crippen LogP contribution in [0.15, 0.2) is 29.3 Å². The first kappa shape index (κ1) is 11.7. The van der Waals surface area contributed by atoms with E-state index in [-0.39, 0.29) is 17.4 Å². The van der Waals surface area contributed by atoms with Crippen LogP contribution < -0.4 is 0 Å². The zero-order valence-electron chi connectivity index (χ0n) is 8.11. The van der Waals surface area contributed by atoms with Crippen LogP contribution in [0.5, 0.6) is 5.75 Å². The maximum absolute atomic E-state index is 10.6. The van der Waals surface area contributed by atoms with Gasteiger partial charge in [0.25, 0.3) is 0 Å². The van der Waals surface area contributed by atoms with E-state index in [9.17, 15) is 15.2 Å². The van der Waals surface area contributed by atoms with E-state index in [2.05, 4.69) is 22.5 Å². The second kappa shape index (κ2) is 4.44. The third-order valence-corrected chi connectivity index (χ3v) is 2.87. The number of nitro groups is 1. The van der Waals surface area contributed by atoms with Gasteiger partial charge >= 0.3 is 5.69 Å². The second-order valence-corrected chi connectivity index (χ2v) is 4.16. The predicted octanol–water partition coefficient (Wildman–Crippen LogP) is 3.31. The van der Waals surface area contributed by atoms with Gasteiger partial charge in [0.2, 0.25) is 0 Å². The molecule has 0 saturated heterocycles. The Kier molecular flexibility index (Phi) is 3.47. The standard InChI is InChI=1S/C10H10BrNO3/c1-6(7(2)11)8-4-3-5-9(10(8)13)12(14)15/h3-6,13H,2H2,1H3. The van der Waals surface area contributed by atoms with E-state index in [1.807, 2.05) is 0 Å². The minimum absolute atomic E-state index is 0.176. The number of phenolic OH excluding ortho intramolecular Hbond substituents is 1. The summed E-state index contributed by atoms with van der Waals surface area (Å²) in [4.78, 5) is 9.97. The maximum Gasteiger partial charge on any atom is 0.311 e. The molecule has 15 heavy (non-hydrogen) atoms. The lowest BCUT2D eigenvalue weighted by atomic mass is 9.99. The van der Waals surface area contributed by atoms with Crippen molar-refractivity contribution in [2.24, 2.45) is 0 Å². The van der Waals surface area contributed by atoms with Gasteiger partial charge in [0.1, 0.15) is 0 Å². The Morgan fingerprint density at radius 2 is 2.27 bits per heavy atom. The molecule has 0 saturated carbocycles. The van der Waals surface area contributed by atoms with Crippen molar-refractivity contribution < 1.29 is 10.0 Å². The summed E-state index contributed by atoms with van der Waals surface area (Å²) in [5.41, 5.74) is 0.208. The van der Waals surface area contributed by atoms with Gasteiger partial charge < -0.3 is 5.11 Å². The summed E-state index contributed by atoms with van der Waals surface area (Å²) in [7, 11) is 0. The lowest BCUT2D eigenvalue weighted by Gasteiger charge is -2.11. The van der Waals surface area contributed by atoms with E-state index in [0.29, 0.717) is 10.0 Å². The van der Waals surface area contributed by atoms with Crippen molar-refractivity contribution in [3.8, 4) is 5.75 Å². The molecule has 1 unspecified atom stereocenters. The Morgan fingerprint density at radius 1 is 1.67 bits per heavy atom. The summed E-state index contributed by atoms with van der Waals surface area (Å²) in [6, 6.07) is 4.45. The highest BCUT2D eigenvalue weighted by Gasteiger charge is 2.20. The maximum atomic E-state index is 10.6. The summed E-state index contributed by atoms with van der Waals surface area (Å²) in [5, 5.41) is 20.3. The number of hydrogen-bond acceptors (Lipinski definition) is 3. The highest BCUT2D eigenvalue weighted by Crippen LogP contribution is 2.37. The van der Waals surface area contributed by atoms with Crippen molar-refractivity contribution in [2.75, 3.05) is 0 Å². The number of nitro benzene ring substituents is 1. The van der Waals surface area contributed by atoms with Gasteiger partial charge in [0.05, 0.1) is 4.92 Å². The minimum Gasteiger partial charge on any atom is -0.502 e. The van der Waals surface area contributed by atoms with Gasteiger partial charge in [-0.05, 0) is 4.48 Å². The lowest BCUT2D eigenvalue weighted by Crippen LogP contribution is -1.96. The number of halogens is 1. The molecule has 1 rings (SSSR count). The van der Waals surface area contributed by atoms with Crippen LogP contribution in [-0.4, -0.2) is 10.0 Å². The average molecular weight is 272 g/mol. The first-order valence-corrected chi connectivity index (χ1v) is 5.05. The molecule has 0 aliphatic carbocycles. The van der Waals surface area contributed by atoms with E-state index < -0.39 is 4.92 Å². The molecule has 80 valence electrons. The molecule has 5 heteroatoms. The first-order chi connectivity index (χ1) is 6.95. The van der Waals surface area contributed by atoms with Crippen LogP contribution in [0.1, 0.15) is 18.4 Å². The number of benzene rings is 1. The zero-order valence-corrected chi connectivity index (χ0v) is 9.69. The number of aromatic hydroxyl groups is 1. The molecular weight excluding hydrogens is 262 g/mol. The smallest absolute Gasteiger partial charge is 0.311 e. The van der Waals surface area contributed by atoms with Gasteiger partial charge in [-0.2, -0.15) is 0 Å². The van der Waals surface area contributed by atoms with Gasteiger partial charge in [-0.15, -0.1) is 0 Å². The molecule has 0 bridgehead atoms. The van der Waals surface area contributed by atoms with Crippen LogP contribution in [0.2, 0.25) is 0 Å². The monoisotopic (exact) mass is 271 g/mol. The Labute approximate surface area is 95.5 Å². The van der Waals surface area contributed by atoms with Gasteiger partial charge in [-0.1, -0.05) is 41.6 Å². The predicted molar refractivity (Wildman–Crippen MR) is 61.2 cm³/mol. The molecule has 0 aliphatic heterocycles. The summed E-state index contributed by atoms with van der Waals surface area (Å²) < 4.78 is 0.665. The Hall–Kier alpha value is -1.36. The molecule has 0 aliphatic rings. The van der Waals surface area contributed by atoms with Crippen molar-refractivity contribution in [1.29, 1.82) is 0 Å². The second-order valence-electron chi connectivity index (χ2n) is 3.14. The van der Waals surface area contributed by atoms with Gasteiger partial charge in [0.15, 0.2) is 5.75 Å². The molecule has 0 radical (unpaired) electrons. The average Bonchev–Trinajstić information content (AvgIpc) is 2.16. The number of allylic oxidation sites excluding steroid dienone is 1. The van der Waals surface area contributed by atoms with Crippen molar-refractivity contribution in [1.82, 2.24) is 0 Å². The highest BCUT2D eigenvalue weighted by molar-refractivity contribution is 9.11. The fourth-order valence-corrected chi connectivity index (χ4v) is 1.46. The SMILES string of the molecule is C=C(Br)C(C)c1cccc([N+](=O)[O-])c1O. The zero-order chi connectivity index (χ0) is 11.6. The molecule has 0 amide bonds. The number of phenols is 1. The van der Waals surface area contributed by atoms with Crippen molar-refractivity contribution in [2.45, 2.75) is 12.8 Å². The van der Waals surface area contributed by atoms with Gasteiger partial charge in [-0.3, -0.25) is 10.1 Å². The van der Waals surface area contributed by atoms with Crippen LogP contribution in [0.4, 0.5) is 5.69 Å². The van der Waals surface area contributed by atoms with Gasteiger partial charge in [-0.25, -0.2) is 0 Å². The number of rotatable bonds is 3. The molecule has 0 aromatic heterocycles. The Balaban J connectivity index is 3.26. The highest BCUT2D eigenvalue weighted by atomic mass is 79.9. The molecule has 4 nitrogen and oxygen atoms in total. The summed E-state index contributed by atoms with van der Waals surface area (Å²) in [6.45, 7) is 5.48. The van der Waals surface area contributed by atoms with Crippen LogP contribution >= 0.6 is 15.9 Å². The fraction of sp³-hybridized carbons (Fsp3) is 0.200. The number of hydrogen-bond donors (Lipinski definition) is 1. The summed E-state index contributed by atoms with van der Waals surface area (Å²) >= 11 is 3.20. The van der Waals surface area contributed by atoms with E-state index >= 15 is 0 Å². The fourth-order valence-electron chi connectivity index (χ4n) is 1.21. The molecule has 0 spiro atoms. The van der Waals surface area contributed by atoms with Crippen LogP contribution in [-0.2, 0) is 0 Å². The summed E-state index contributed by atoms with van der Waals surface area (Å²) in [6.07, 6.45) is 0. The first-order valence-electron chi connectivity index (χ1n) is 4.25. The van der Waals surface area contributed by atoms with Crippen molar-refractivity contribution >= 4 is 21.6 Å². The quantitative estimate of drug-likeness (QED) is 0.678. The Bertz CT molecular complexity index is 417. The van der Waals surface area contributed by atoms with E-state index in [4.69, 9.17) is 0 Å². The van der Waals surface area contributed by atoms with Crippen LogP contribution in [0.3, 0.4) is 0 Å². The molecule has 0 fully saturated rings. The van der Waals surface area contributed by atoms with Gasteiger partial charge in [0, 0.05) is 17.5 Å². The molecule has 1 aromatic rings. The molecule has 1 aromatic carbocycles. The molecule has 0 heterocycles. The third-order valence-electron chi connectivity index (χ3n) is 2.18. The Morgan fingerprint density at radius 3 is 2.73 bits per heavy atom. The van der Waals surface area contributed by atoms with Crippen molar-refractivity contribution in [3.63, 3.8) is 0 Å². The molecule has 1 N–H and O–H groups in total. The van der Waals surface area contributed by atoms with Crippen LogP contribution in [0, 0.1) is 10.1 Å². The van der Waals surface area contributed by atoms with E-state index in [1.165, 1.54) is 6.07 Å². The largest absolute Gasteiger partial charge is 0.502 e. The van der Waals surface area contributed by atoms with E-state index in [1.54, 1.807) is 19.1 Å². The molecule has 1 atom stereocenters. The lowest BCUT2D eigenvalue weighted by molar-refractivity contribution is -0.385. The summed E-state index contributed by atoms with van der Waals surface area (Å²) in [5.74, 6) is -0.472. The van der Waals surface area contributed by atoms with E-state index in [0.717, 1.165) is 0 Å². The number of nitrogens with zero attached hydrogens (tertiary/aromatic N) is 1. The van der Waals surface area contributed by atoms with Crippen molar-refractivity contribution in [3.05, 3.63) is 44.9 Å². The van der Waals surface area contributed by atoms with Crippen LogP contribution in [0.25, 0.3) is 0 Å². The number of para-hydroxylation sites is 1. The topological polar surface area (TPSA) is 63.4 Å². The normalized spacial score (nSPS) is 12.1. The minimum atomic E-state index is -0.609. The molecular formula is C10H10BrNO3.